The Morgan fingerprint density at radius 2 is 1.88 bits per heavy atom. The lowest BCUT2D eigenvalue weighted by Crippen LogP contribution is -2.13. The van der Waals surface area contributed by atoms with Crippen molar-refractivity contribution in [2.45, 2.75) is 13.0 Å². The summed E-state index contributed by atoms with van der Waals surface area (Å²) in [5, 5.41) is 21.0. The minimum Gasteiger partial charge on any atom is -0.476 e. The molecule has 25 heavy (non-hydrogen) atoms. The molecule has 0 fully saturated rings. The molecule has 2 rings (SSSR count). The molecule has 0 aliphatic heterocycles. The number of ether oxygens (including phenoxy) is 1. The van der Waals surface area contributed by atoms with Gasteiger partial charge in [-0.1, -0.05) is 35.9 Å². The van der Waals surface area contributed by atoms with Crippen LogP contribution in [0.4, 0.5) is 5.69 Å². The highest BCUT2D eigenvalue weighted by atomic mass is 35.5. The first-order valence-corrected chi connectivity index (χ1v) is 7.75. The van der Waals surface area contributed by atoms with Crippen molar-refractivity contribution in [1.29, 1.82) is 10.5 Å². The van der Waals surface area contributed by atoms with Crippen LogP contribution >= 0.6 is 11.6 Å². The first-order chi connectivity index (χ1) is 12.0. The molecule has 0 aromatic heterocycles. The number of nitriles is 2. The molecule has 1 unspecified atom stereocenters. The first-order valence-electron chi connectivity index (χ1n) is 7.37. The number of halogens is 1. The number of benzene rings is 2. The Kier molecular flexibility index (Phi) is 6.17. The van der Waals surface area contributed by atoms with Gasteiger partial charge >= 0.3 is 0 Å². The van der Waals surface area contributed by atoms with Crippen LogP contribution in [0.25, 0.3) is 6.08 Å². The van der Waals surface area contributed by atoms with E-state index in [4.69, 9.17) is 21.6 Å². The van der Waals surface area contributed by atoms with Crippen LogP contribution in [0.2, 0.25) is 5.02 Å². The van der Waals surface area contributed by atoms with Gasteiger partial charge in [-0.3, -0.25) is 4.79 Å². The van der Waals surface area contributed by atoms with Crippen LogP contribution in [-0.2, 0) is 4.79 Å². The second-order valence-electron chi connectivity index (χ2n) is 5.06. The van der Waals surface area contributed by atoms with Crippen molar-refractivity contribution < 1.29 is 9.53 Å². The topological polar surface area (TPSA) is 85.9 Å². The van der Waals surface area contributed by atoms with E-state index in [0.717, 1.165) is 0 Å². The van der Waals surface area contributed by atoms with Crippen LogP contribution in [0, 0.1) is 22.7 Å². The van der Waals surface area contributed by atoms with E-state index in [1.807, 2.05) is 12.1 Å². The number of amides is 1. The third kappa shape index (κ3) is 5.10. The zero-order valence-corrected chi connectivity index (χ0v) is 14.1. The molecule has 1 N–H and O–H groups in total. The summed E-state index contributed by atoms with van der Waals surface area (Å²) in [7, 11) is 0. The van der Waals surface area contributed by atoms with Crippen molar-refractivity contribution in [2.24, 2.45) is 0 Å². The third-order valence-electron chi connectivity index (χ3n) is 3.17. The number of carbonyl (C=O) groups excluding carboxylic acids is 1. The van der Waals surface area contributed by atoms with Gasteiger partial charge in [0.1, 0.15) is 23.5 Å². The lowest BCUT2D eigenvalue weighted by Gasteiger charge is -2.08. The second-order valence-corrected chi connectivity index (χ2v) is 5.47. The van der Waals surface area contributed by atoms with Gasteiger partial charge in [-0.05, 0) is 42.8 Å². The molecule has 1 atom stereocenters. The normalized spacial score (nSPS) is 11.8. The molecule has 5 nitrogen and oxygen atoms in total. The molecule has 0 heterocycles. The summed E-state index contributed by atoms with van der Waals surface area (Å²) in [5.74, 6) is -0.0146. The molecule has 2 aromatic rings. The van der Waals surface area contributed by atoms with E-state index < -0.39 is 12.0 Å². The number of nitrogens with zero attached hydrogens (tertiary/aromatic N) is 2. The Balaban J connectivity index is 2.14. The Morgan fingerprint density at radius 3 is 2.48 bits per heavy atom. The van der Waals surface area contributed by atoms with Gasteiger partial charge < -0.3 is 10.1 Å². The molecular formula is C19H14ClN3O2. The number of nitrogens with one attached hydrogen (secondary N) is 1. The van der Waals surface area contributed by atoms with E-state index in [1.165, 1.54) is 6.08 Å². The SMILES string of the molecule is CC(C#N)Oc1ccc(C=C(C#N)C(=O)Nc2ccccc2Cl)cc1. The van der Waals surface area contributed by atoms with E-state index in [1.54, 1.807) is 55.5 Å². The van der Waals surface area contributed by atoms with Crippen LogP contribution in [0.15, 0.2) is 54.1 Å². The van der Waals surface area contributed by atoms with Crippen LogP contribution in [-0.4, -0.2) is 12.0 Å². The average molecular weight is 352 g/mol. The Morgan fingerprint density at radius 1 is 1.20 bits per heavy atom. The lowest BCUT2D eigenvalue weighted by atomic mass is 10.1. The molecular weight excluding hydrogens is 338 g/mol. The molecule has 0 radical (unpaired) electrons. The van der Waals surface area contributed by atoms with Crippen molar-refractivity contribution in [1.82, 2.24) is 0 Å². The average Bonchev–Trinajstić information content (AvgIpc) is 2.62. The molecule has 0 saturated carbocycles. The highest BCUT2D eigenvalue weighted by Gasteiger charge is 2.11. The fourth-order valence-electron chi connectivity index (χ4n) is 1.94. The highest BCUT2D eigenvalue weighted by Crippen LogP contribution is 2.21. The zero-order chi connectivity index (χ0) is 18.2. The number of hydrogen-bond acceptors (Lipinski definition) is 4. The van der Waals surface area contributed by atoms with Crippen LogP contribution in [0.1, 0.15) is 12.5 Å². The van der Waals surface area contributed by atoms with E-state index in [-0.39, 0.29) is 5.57 Å². The summed E-state index contributed by atoms with van der Waals surface area (Å²) in [4.78, 5) is 12.2. The summed E-state index contributed by atoms with van der Waals surface area (Å²) in [6, 6.07) is 17.3. The number of hydrogen-bond donors (Lipinski definition) is 1. The fraction of sp³-hybridized carbons (Fsp3) is 0.105. The monoisotopic (exact) mass is 351 g/mol. The maximum atomic E-state index is 12.2. The van der Waals surface area contributed by atoms with Gasteiger partial charge in [-0.15, -0.1) is 0 Å². The predicted octanol–water partition coefficient (Wildman–Crippen LogP) is 4.18. The van der Waals surface area contributed by atoms with E-state index >= 15 is 0 Å². The number of rotatable bonds is 5. The van der Waals surface area contributed by atoms with Crippen molar-refractivity contribution in [3.05, 3.63) is 64.7 Å². The molecule has 124 valence electrons. The molecule has 0 spiro atoms. The summed E-state index contributed by atoms with van der Waals surface area (Å²) in [6.07, 6.45) is 0.904. The van der Waals surface area contributed by atoms with Crippen molar-refractivity contribution in [3.8, 4) is 17.9 Å². The van der Waals surface area contributed by atoms with Crippen LogP contribution in [0.3, 0.4) is 0 Å². The fourth-order valence-corrected chi connectivity index (χ4v) is 2.12. The minimum atomic E-state index is -0.558. The standard InChI is InChI=1S/C19H14ClN3O2/c1-13(11-21)25-16-8-6-14(7-9-16)10-15(12-22)19(24)23-18-5-3-2-4-17(18)20/h2-10,13H,1H3,(H,23,24). The van der Waals surface area contributed by atoms with E-state index in [2.05, 4.69) is 5.32 Å². The van der Waals surface area contributed by atoms with Gasteiger partial charge in [0.2, 0.25) is 0 Å². The van der Waals surface area contributed by atoms with Gasteiger partial charge in [0.05, 0.1) is 10.7 Å². The maximum absolute atomic E-state index is 12.2. The largest absolute Gasteiger partial charge is 0.476 e. The molecule has 2 aromatic carbocycles. The molecule has 0 aliphatic carbocycles. The van der Waals surface area contributed by atoms with E-state index in [0.29, 0.717) is 22.0 Å². The zero-order valence-electron chi connectivity index (χ0n) is 13.4. The maximum Gasteiger partial charge on any atom is 0.266 e. The second kappa shape index (κ2) is 8.54. The predicted molar refractivity (Wildman–Crippen MR) is 95.8 cm³/mol. The smallest absolute Gasteiger partial charge is 0.266 e. The van der Waals surface area contributed by atoms with Gasteiger partial charge in [-0.25, -0.2) is 0 Å². The van der Waals surface area contributed by atoms with Crippen LogP contribution < -0.4 is 10.1 Å². The molecule has 0 saturated heterocycles. The third-order valence-corrected chi connectivity index (χ3v) is 3.50. The number of para-hydroxylation sites is 1. The van der Waals surface area contributed by atoms with Crippen LogP contribution in [0.5, 0.6) is 5.75 Å². The number of anilines is 1. The minimum absolute atomic E-state index is 0.0565. The Hall–Kier alpha value is -3.28. The summed E-state index contributed by atoms with van der Waals surface area (Å²) in [6.45, 7) is 1.64. The first kappa shape index (κ1) is 18.1. The summed E-state index contributed by atoms with van der Waals surface area (Å²) < 4.78 is 5.35. The molecule has 0 aliphatic rings. The molecule has 0 bridgehead atoms. The van der Waals surface area contributed by atoms with Gasteiger partial charge in [0.25, 0.3) is 5.91 Å². The van der Waals surface area contributed by atoms with Crippen molar-refractivity contribution >= 4 is 29.3 Å². The van der Waals surface area contributed by atoms with Gasteiger partial charge in [0, 0.05) is 0 Å². The summed E-state index contributed by atoms with van der Waals surface area (Å²) >= 11 is 5.99. The Bertz CT molecular complexity index is 877. The van der Waals surface area contributed by atoms with Gasteiger partial charge in [0.15, 0.2) is 6.10 Å². The van der Waals surface area contributed by atoms with Gasteiger partial charge in [-0.2, -0.15) is 10.5 Å². The summed E-state index contributed by atoms with van der Waals surface area (Å²) in [5.41, 5.74) is 1.03. The Labute approximate surface area is 150 Å². The lowest BCUT2D eigenvalue weighted by molar-refractivity contribution is -0.112. The van der Waals surface area contributed by atoms with Crippen molar-refractivity contribution in [3.63, 3.8) is 0 Å². The highest BCUT2D eigenvalue weighted by molar-refractivity contribution is 6.34. The quantitative estimate of drug-likeness (QED) is 0.646. The van der Waals surface area contributed by atoms with E-state index in [9.17, 15) is 10.1 Å². The number of carbonyl (C=O) groups is 1. The molecule has 6 heteroatoms. The van der Waals surface area contributed by atoms with Crippen molar-refractivity contribution in [2.75, 3.05) is 5.32 Å². The molecule has 1 amide bonds.